The highest BCUT2D eigenvalue weighted by molar-refractivity contribution is 7.99. The third kappa shape index (κ3) is 4.48. The fourth-order valence-electron chi connectivity index (χ4n) is 1.47. The molecule has 1 aromatic rings. The Morgan fingerprint density at radius 1 is 1.45 bits per heavy atom. The standard InChI is InChI=1S/C13H14F3NO2S/c1-2-8(12(18)19)5-6-20-11-4-3-9(7-10(11)17)13(14,15)16/h3-5,7H,2,6,17H2,1H3,(H,18,19). The molecule has 0 unspecified atom stereocenters. The van der Waals surface area contributed by atoms with Gasteiger partial charge in [-0.25, -0.2) is 4.79 Å². The molecular formula is C13H14F3NO2S. The van der Waals surface area contributed by atoms with Gasteiger partial charge in [0.2, 0.25) is 0 Å². The third-order valence-corrected chi connectivity index (χ3v) is 3.58. The number of rotatable bonds is 5. The number of halogens is 3. The molecule has 7 heteroatoms. The molecule has 0 radical (unpaired) electrons. The average molecular weight is 305 g/mol. The molecule has 1 aromatic carbocycles. The minimum Gasteiger partial charge on any atom is -0.478 e. The quantitative estimate of drug-likeness (QED) is 0.493. The Hall–Kier alpha value is -1.63. The first-order valence-corrected chi connectivity index (χ1v) is 6.76. The van der Waals surface area contributed by atoms with Gasteiger partial charge < -0.3 is 10.8 Å². The first-order valence-electron chi connectivity index (χ1n) is 5.77. The second kappa shape index (κ2) is 6.69. The van der Waals surface area contributed by atoms with Crippen molar-refractivity contribution < 1.29 is 23.1 Å². The smallest absolute Gasteiger partial charge is 0.416 e. The summed E-state index contributed by atoms with van der Waals surface area (Å²) in [6.07, 6.45) is -2.50. The van der Waals surface area contributed by atoms with E-state index in [4.69, 9.17) is 10.8 Å². The highest BCUT2D eigenvalue weighted by atomic mass is 32.2. The summed E-state index contributed by atoms with van der Waals surface area (Å²) in [6.45, 7) is 1.72. The fraction of sp³-hybridized carbons (Fsp3) is 0.308. The van der Waals surface area contributed by atoms with Crippen molar-refractivity contribution in [2.24, 2.45) is 0 Å². The first kappa shape index (κ1) is 16.4. The van der Waals surface area contributed by atoms with E-state index in [1.165, 1.54) is 23.9 Å². The number of nitrogen functional groups attached to an aromatic ring is 1. The molecule has 20 heavy (non-hydrogen) atoms. The molecule has 0 aliphatic heterocycles. The normalized spacial score (nSPS) is 12.5. The minimum absolute atomic E-state index is 0.0339. The molecule has 0 atom stereocenters. The number of carboxylic acids is 1. The van der Waals surface area contributed by atoms with Crippen LogP contribution < -0.4 is 5.73 Å². The summed E-state index contributed by atoms with van der Waals surface area (Å²) in [5.74, 6) is -0.654. The van der Waals surface area contributed by atoms with Crippen LogP contribution in [0.3, 0.4) is 0 Å². The van der Waals surface area contributed by atoms with Gasteiger partial charge in [0.05, 0.1) is 5.56 Å². The van der Waals surface area contributed by atoms with Crippen molar-refractivity contribution in [1.29, 1.82) is 0 Å². The van der Waals surface area contributed by atoms with Gasteiger partial charge in [-0.3, -0.25) is 0 Å². The van der Waals surface area contributed by atoms with Crippen LogP contribution in [0.4, 0.5) is 18.9 Å². The summed E-state index contributed by atoms with van der Waals surface area (Å²) >= 11 is 1.20. The lowest BCUT2D eigenvalue weighted by Gasteiger charge is -2.10. The van der Waals surface area contributed by atoms with E-state index in [1.807, 2.05) is 0 Å². The molecule has 0 saturated heterocycles. The van der Waals surface area contributed by atoms with Crippen LogP contribution in [-0.4, -0.2) is 16.8 Å². The van der Waals surface area contributed by atoms with Gasteiger partial charge in [-0.2, -0.15) is 13.2 Å². The molecule has 110 valence electrons. The van der Waals surface area contributed by atoms with E-state index >= 15 is 0 Å². The maximum absolute atomic E-state index is 12.5. The van der Waals surface area contributed by atoms with Gasteiger partial charge >= 0.3 is 12.1 Å². The number of benzene rings is 1. The summed E-state index contributed by atoms with van der Waals surface area (Å²) in [6, 6.07) is 3.13. The van der Waals surface area contributed by atoms with Crippen LogP contribution in [0.15, 0.2) is 34.7 Å². The van der Waals surface area contributed by atoms with Gasteiger partial charge in [-0.05, 0) is 24.6 Å². The number of nitrogens with two attached hydrogens (primary N) is 1. The Kier molecular flexibility index (Phi) is 5.50. The van der Waals surface area contributed by atoms with Crippen LogP contribution in [0.25, 0.3) is 0 Å². The number of aliphatic carboxylic acids is 1. The van der Waals surface area contributed by atoms with E-state index < -0.39 is 17.7 Å². The number of hydrogen-bond acceptors (Lipinski definition) is 3. The number of hydrogen-bond donors (Lipinski definition) is 2. The van der Waals surface area contributed by atoms with Crippen molar-refractivity contribution in [3.63, 3.8) is 0 Å². The van der Waals surface area contributed by atoms with Crippen LogP contribution in [-0.2, 0) is 11.0 Å². The number of carboxylic acid groups (broad SMARTS) is 1. The van der Waals surface area contributed by atoms with E-state index in [-0.39, 0.29) is 11.3 Å². The monoisotopic (exact) mass is 305 g/mol. The SMILES string of the molecule is CCC(=CCSc1ccc(C(F)(F)F)cc1N)C(=O)O. The fourth-order valence-corrected chi connectivity index (χ4v) is 2.33. The second-order valence-electron chi connectivity index (χ2n) is 3.95. The van der Waals surface area contributed by atoms with Crippen LogP contribution in [0.2, 0.25) is 0 Å². The molecule has 3 nitrogen and oxygen atoms in total. The Morgan fingerprint density at radius 3 is 2.55 bits per heavy atom. The van der Waals surface area contributed by atoms with E-state index in [9.17, 15) is 18.0 Å². The lowest BCUT2D eigenvalue weighted by molar-refractivity contribution is -0.137. The largest absolute Gasteiger partial charge is 0.478 e. The Morgan fingerprint density at radius 2 is 2.10 bits per heavy atom. The summed E-state index contributed by atoms with van der Waals surface area (Å²) in [4.78, 5) is 11.3. The number of anilines is 1. The Labute approximate surface area is 118 Å². The van der Waals surface area contributed by atoms with Gasteiger partial charge in [0.1, 0.15) is 0 Å². The van der Waals surface area contributed by atoms with Gasteiger partial charge in [0, 0.05) is 21.9 Å². The lowest BCUT2D eigenvalue weighted by atomic mass is 10.2. The molecule has 0 spiro atoms. The third-order valence-electron chi connectivity index (χ3n) is 2.56. The summed E-state index contributed by atoms with van der Waals surface area (Å²) in [5, 5.41) is 8.82. The number of thioether (sulfide) groups is 1. The predicted octanol–water partition coefficient (Wildman–Crippen LogP) is 3.80. The molecule has 0 heterocycles. The summed E-state index contributed by atoms with van der Waals surface area (Å²) < 4.78 is 37.4. The van der Waals surface area contributed by atoms with Gasteiger partial charge in [0.15, 0.2) is 0 Å². The van der Waals surface area contributed by atoms with E-state index in [0.29, 0.717) is 17.1 Å². The van der Waals surface area contributed by atoms with Crippen molar-refractivity contribution in [1.82, 2.24) is 0 Å². The van der Waals surface area contributed by atoms with E-state index in [2.05, 4.69) is 0 Å². The Bertz CT molecular complexity index is 527. The number of carbonyl (C=O) groups is 1. The zero-order chi connectivity index (χ0) is 15.3. The topological polar surface area (TPSA) is 63.3 Å². The van der Waals surface area contributed by atoms with Crippen LogP contribution >= 0.6 is 11.8 Å². The molecular weight excluding hydrogens is 291 g/mol. The van der Waals surface area contributed by atoms with Crippen molar-refractivity contribution >= 4 is 23.4 Å². The van der Waals surface area contributed by atoms with Gasteiger partial charge in [-0.1, -0.05) is 13.0 Å². The highest BCUT2D eigenvalue weighted by Gasteiger charge is 2.30. The molecule has 0 bridgehead atoms. The van der Waals surface area contributed by atoms with Crippen molar-refractivity contribution in [3.8, 4) is 0 Å². The van der Waals surface area contributed by atoms with Crippen LogP contribution in [0, 0.1) is 0 Å². The van der Waals surface area contributed by atoms with Crippen molar-refractivity contribution in [2.75, 3.05) is 11.5 Å². The van der Waals surface area contributed by atoms with Crippen molar-refractivity contribution in [3.05, 3.63) is 35.4 Å². The average Bonchev–Trinajstić information content (AvgIpc) is 2.34. The maximum atomic E-state index is 12.5. The van der Waals surface area contributed by atoms with E-state index in [1.54, 1.807) is 6.92 Å². The van der Waals surface area contributed by atoms with Crippen LogP contribution in [0.5, 0.6) is 0 Å². The molecule has 1 rings (SSSR count). The molecule has 0 fully saturated rings. The zero-order valence-electron chi connectivity index (χ0n) is 10.7. The van der Waals surface area contributed by atoms with E-state index in [0.717, 1.165) is 12.1 Å². The molecule has 0 aliphatic carbocycles. The maximum Gasteiger partial charge on any atom is 0.416 e. The molecule has 0 aromatic heterocycles. The number of alkyl halides is 3. The predicted molar refractivity (Wildman–Crippen MR) is 72.6 cm³/mol. The minimum atomic E-state index is -4.42. The molecule has 3 N–H and O–H groups in total. The second-order valence-corrected chi connectivity index (χ2v) is 5.01. The molecule has 0 aliphatic rings. The zero-order valence-corrected chi connectivity index (χ0v) is 11.5. The summed E-state index contributed by atoms with van der Waals surface area (Å²) in [7, 11) is 0. The Balaban J connectivity index is 2.78. The van der Waals surface area contributed by atoms with Crippen LogP contribution in [0.1, 0.15) is 18.9 Å². The highest BCUT2D eigenvalue weighted by Crippen LogP contribution is 2.34. The van der Waals surface area contributed by atoms with Gasteiger partial charge in [0.25, 0.3) is 0 Å². The lowest BCUT2D eigenvalue weighted by Crippen LogP contribution is -2.05. The summed E-state index contributed by atoms with van der Waals surface area (Å²) in [5.41, 5.74) is 5.07. The molecule has 0 saturated carbocycles. The molecule has 0 amide bonds. The van der Waals surface area contributed by atoms with Gasteiger partial charge in [-0.15, -0.1) is 11.8 Å². The van der Waals surface area contributed by atoms with Crippen molar-refractivity contribution in [2.45, 2.75) is 24.4 Å². The first-order chi connectivity index (χ1) is 9.25.